The second-order valence-corrected chi connectivity index (χ2v) is 3.17. The Morgan fingerprint density at radius 2 is 1.41 bits per heavy atom. The van der Waals surface area contributed by atoms with Gasteiger partial charge in [0.1, 0.15) is 0 Å². The van der Waals surface area contributed by atoms with Gasteiger partial charge in [0.2, 0.25) is 0 Å². The lowest BCUT2D eigenvalue weighted by Gasteiger charge is -2.08. The van der Waals surface area contributed by atoms with E-state index in [9.17, 15) is 0 Å². The fraction of sp³-hybridized carbons (Fsp3) is 0.412. The SMILES string of the molecule is C.C.C=Cc1cc(C)c(CC)cc1C=C.CC. The predicted octanol–water partition coefficient (Wildman–Crippen LogP) is 6.14. The lowest BCUT2D eigenvalue weighted by Crippen LogP contribution is -1.90. The van der Waals surface area contributed by atoms with Gasteiger partial charge in [-0.1, -0.05) is 73.1 Å². The van der Waals surface area contributed by atoms with Gasteiger partial charge < -0.3 is 0 Å². The second kappa shape index (κ2) is 11.2. The van der Waals surface area contributed by atoms with Gasteiger partial charge in [-0.2, -0.15) is 0 Å². The third-order valence-electron chi connectivity index (χ3n) is 2.36. The molecule has 0 fully saturated rings. The minimum atomic E-state index is 0. The summed E-state index contributed by atoms with van der Waals surface area (Å²) in [5.41, 5.74) is 5.07. The average Bonchev–Trinajstić information content (AvgIpc) is 2.31. The molecule has 1 aromatic rings. The van der Waals surface area contributed by atoms with Gasteiger partial charge in [0.05, 0.1) is 0 Å². The Labute approximate surface area is 109 Å². The maximum atomic E-state index is 3.80. The van der Waals surface area contributed by atoms with E-state index in [-0.39, 0.29) is 14.9 Å². The summed E-state index contributed by atoms with van der Waals surface area (Å²) >= 11 is 0. The fourth-order valence-electron chi connectivity index (χ4n) is 1.53. The summed E-state index contributed by atoms with van der Waals surface area (Å²) in [4.78, 5) is 0. The number of hydrogen-bond acceptors (Lipinski definition) is 0. The molecule has 0 spiro atoms. The van der Waals surface area contributed by atoms with E-state index >= 15 is 0 Å². The highest BCUT2D eigenvalue weighted by Gasteiger charge is 2.00. The highest BCUT2D eigenvalue weighted by atomic mass is 14.1. The lowest BCUT2D eigenvalue weighted by atomic mass is 9.98. The van der Waals surface area contributed by atoms with E-state index in [1.54, 1.807) is 0 Å². The van der Waals surface area contributed by atoms with Gasteiger partial charge >= 0.3 is 0 Å². The molecule has 0 N–H and O–H groups in total. The molecule has 0 heterocycles. The first-order chi connectivity index (χ1) is 7.22. The van der Waals surface area contributed by atoms with Crippen LogP contribution in [-0.2, 0) is 6.42 Å². The van der Waals surface area contributed by atoms with E-state index in [0.717, 1.165) is 6.42 Å². The molecule has 0 radical (unpaired) electrons. The lowest BCUT2D eigenvalue weighted by molar-refractivity contribution is 1.11. The van der Waals surface area contributed by atoms with E-state index in [1.807, 2.05) is 26.0 Å². The van der Waals surface area contributed by atoms with Crippen molar-refractivity contribution in [3.05, 3.63) is 47.5 Å². The summed E-state index contributed by atoms with van der Waals surface area (Å²) in [7, 11) is 0. The highest BCUT2D eigenvalue weighted by Crippen LogP contribution is 2.19. The molecular formula is C17H30. The first kappa shape index (κ1) is 21.0. The van der Waals surface area contributed by atoms with Crippen LogP contribution in [0.15, 0.2) is 25.3 Å². The van der Waals surface area contributed by atoms with Crippen molar-refractivity contribution in [2.75, 3.05) is 0 Å². The zero-order valence-electron chi connectivity index (χ0n) is 10.4. The van der Waals surface area contributed by atoms with Crippen molar-refractivity contribution in [1.29, 1.82) is 0 Å². The Bertz CT molecular complexity index is 332. The van der Waals surface area contributed by atoms with Gasteiger partial charge in [-0.15, -0.1) is 0 Å². The standard InChI is InChI=1S/C13H16.C2H6.2CH4/c1-5-11-9-13(7-3)12(6-2)8-10(11)4;1-2;;/h6-9H,2-3,5H2,1,4H3;1-2H3;2*1H4. The molecule has 0 aliphatic rings. The van der Waals surface area contributed by atoms with Crippen molar-refractivity contribution < 1.29 is 0 Å². The monoisotopic (exact) mass is 234 g/mol. The molecular weight excluding hydrogens is 204 g/mol. The largest absolute Gasteiger partial charge is 0.0984 e. The van der Waals surface area contributed by atoms with Crippen LogP contribution in [0.5, 0.6) is 0 Å². The maximum absolute atomic E-state index is 3.80. The Hall–Kier alpha value is -1.30. The van der Waals surface area contributed by atoms with Crippen LogP contribution in [0.4, 0.5) is 0 Å². The zero-order valence-corrected chi connectivity index (χ0v) is 10.4. The van der Waals surface area contributed by atoms with Crippen LogP contribution in [0, 0.1) is 6.92 Å². The molecule has 1 aromatic carbocycles. The van der Waals surface area contributed by atoms with Gasteiger partial charge in [0.25, 0.3) is 0 Å². The van der Waals surface area contributed by atoms with Gasteiger partial charge in [-0.05, 0) is 35.6 Å². The van der Waals surface area contributed by atoms with Crippen molar-refractivity contribution in [3.63, 3.8) is 0 Å². The number of rotatable bonds is 3. The third-order valence-corrected chi connectivity index (χ3v) is 2.36. The van der Waals surface area contributed by atoms with Crippen molar-refractivity contribution in [2.45, 2.75) is 49.0 Å². The number of aryl methyl sites for hydroxylation is 2. The molecule has 0 unspecified atom stereocenters. The average molecular weight is 234 g/mol. The zero-order chi connectivity index (χ0) is 11.8. The van der Waals surface area contributed by atoms with Gasteiger partial charge in [0, 0.05) is 0 Å². The minimum absolute atomic E-state index is 0. The highest BCUT2D eigenvalue weighted by molar-refractivity contribution is 5.65. The first-order valence-electron chi connectivity index (χ1n) is 5.61. The van der Waals surface area contributed by atoms with Gasteiger partial charge in [-0.25, -0.2) is 0 Å². The van der Waals surface area contributed by atoms with Crippen molar-refractivity contribution >= 4 is 12.2 Å². The Kier molecular flexibility index (Phi) is 13.8. The molecule has 17 heavy (non-hydrogen) atoms. The summed E-state index contributed by atoms with van der Waals surface area (Å²) in [5, 5.41) is 0. The molecule has 0 heteroatoms. The molecule has 0 saturated carbocycles. The second-order valence-electron chi connectivity index (χ2n) is 3.17. The normalized spacial score (nSPS) is 7.76. The maximum Gasteiger partial charge on any atom is -0.0187 e. The van der Waals surface area contributed by atoms with Gasteiger partial charge in [-0.3, -0.25) is 0 Å². The van der Waals surface area contributed by atoms with Crippen LogP contribution in [0.3, 0.4) is 0 Å². The molecule has 0 saturated heterocycles. The predicted molar refractivity (Wildman–Crippen MR) is 85.5 cm³/mol. The summed E-state index contributed by atoms with van der Waals surface area (Å²) in [6, 6.07) is 4.36. The third kappa shape index (κ3) is 5.53. The quantitative estimate of drug-likeness (QED) is 0.589. The summed E-state index contributed by atoms with van der Waals surface area (Å²) in [6.45, 7) is 15.9. The van der Waals surface area contributed by atoms with Crippen LogP contribution in [0.1, 0.15) is 57.9 Å². The van der Waals surface area contributed by atoms with Gasteiger partial charge in [0.15, 0.2) is 0 Å². The Morgan fingerprint density at radius 3 is 1.76 bits per heavy atom. The summed E-state index contributed by atoms with van der Waals surface area (Å²) < 4.78 is 0. The topological polar surface area (TPSA) is 0 Å². The summed E-state index contributed by atoms with van der Waals surface area (Å²) in [5.74, 6) is 0. The molecule has 98 valence electrons. The van der Waals surface area contributed by atoms with Crippen LogP contribution < -0.4 is 0 Å². The van der Waals surface area contributed by atoms with Crippen molar-refractivity contribution in [2.24, 2.45) is 0 Å². The molecule has 1 rings (SSSR count). The first-order valence-corrected chi connectivity index (χ1v) is 5.61. The van der Waals surface area contributed by atoms with Crippen molar-refractivity contribution in [3.8, 4) is 0 Å². The number of benzene rings is 1. The fourth-order valence-corrected chi connectivity index (χ4v) is 1.53. The van der Waals surface area contributed by atoms with Crippen LogP contribution in [0.25, 0.3) is 12.2 Å². The minimum Gasteiger partial charge on any atom is -0.0984 e. The van der Waals surface area contributed by atoms with Crippen LogP contribution >= 0.6 is 0 Å². The van der Waals surface area contributed by atoms with Crippen LogP contribution in [-0.4, -0.2) is 0 Å². The number of hydrogen-bond donors (Lipinski definition) is 0. The van der Waals surface area contributed by atoms with E-state index in [1.165, 1.54) is 22.3 Å². The Balaban J connectivity index is -0.000000464. The molecule has 0 bridgehead atoms. The van der Waals surface area contributed by atoms with Crippen LogP contribution in [0.2, 0.25) is 0 Å². The molecule has 0 aromatic heterocycles. The molecule has 0 nitrogen and oxygen atoms in total. The molecule has 0 atom stereocenters. The smallest absolute Gasteiger partial charge is 0.0187 e. The summed E-state index contributed by atoms with van der Waals surface area (Å²) in [6.07, 6.45) is 4.84. The molecule has 0 amide bonds. The Morgan fingerprint density at radius 1 is 1.00 bits per heavy atom. The van der Waals surface area contributed by atoms with E-state index in [2.05, 4.69) is 39.1 Å². The van der Waals surface area contributed by atoms with E-state index in [0.29, 0.717) is 0 Å². The van der Waals surface area contributed by atoms with E-state index in [4.69, 9.17) is 0 Å². The molecule has 0 aliphatic carbocycles. The molecule has 0 aliphatic heterocycles. The van der Waals surface area contributed by atoms with Crippen molar-refractivity contribution in [1.82, 2.24) is 0 Å². The van der Waals surface area contributed by atoms with E-state index < -0.39 is 0 Å².